The van der Waals surface area contributed by atoms with Crippen LogP contribution in [0.2, 0.25) is 0 Å². The number of nitrogens with zero attached hydrogens (tertiary/aromatic N) is 2. The topological polar surface area (TPSA) is 12.9 Å². The monoisotopic (exact) mass is 203 g/mol. The Hall–Kier alpha value is -1.15. The highest BCUT2D eigenvalue weighted by Crippen LogP contribution is 2.21. The van der Waals surface area contributed by atoms with E-state index in [4.69, 9.17) is 0 Å². The lowest BCUT2D eigenvalue weighted by molar-refractivity contribution is -0.883. The van der Waals surface area contributed by atoms with Crippen molar-refractivity contribution in [2.45, 2.75) is 13.3 Å². The van der Waals surface area contributed by atoms with Crippen molar-refractivity contribution in [1.29, 1.82) is 0 Å². The minimum absolute atomic E-state index is 1.07. The number of quaternary nitrogens is 1. The molecule has 1 aromatic rings. The molecule has 1 aliphatic heterocycles. The Morgan fingerprint density at radius 1 is 1.27 bits per heavy atom. The van der Waals surface area contributed by atoms with Gasteiger partial charge in [0.15, 0.2) is 0 Å². The van der Waals surface area contributed by atoms with E-state index in [1.807, 2.05) is 6.20 Å². The summed E-state index contributed by atoms with van der Waals surface area (Å²) in [6, 6.07) is 4.27. The van der Waals surface area contributed by atoms with Crippen LogP contribution in [0.5, 0.6) is 0 Å². The summed E-state index contributed by atoms with van der Waals surface area (Å²) in [6.07, 6.45) is 5.45. The number of aryl methyl sites for hydroxylation is 1. The maximum Gasteiger partial charge on any atom is 0.106 e. The van der Waals surface area contributed by atoms with Crippen molar-refractivity contribution in [2.24, 2.45) is 0 Å². The summed E-state index contributed by atoms with van der Waals surface area (Å²) in [5.74, 6) is 0. The Balaban J connectivity index is 2.24. The molecular formula is C13H19N2+. The molecule has 2 nitrogen and oxygen atoms in total. The minimum Gasteiger partial charge on any atom is -0.324 e. The predicted octanol–water partition coefficient (Wildman–Crippen LogP) is 2.25. The Morgan fingerprint density at radius 2 is 2.07 bits per heavy atom. The van der Waals surface area contributed by atoms with Gasteiger partial charge in [-0.25, -0.2) is 0 Å². The standard InChI is InChI=1S/C13H19N2/c1-11-6-7-13(14-9-11)12-5-4-8-15(2,3)10-12/h5-7,9H,4,8,10H2,1-3H3/q+1. The van der Waals surface area contributed by atoms with Gasteiger partial charge < -0.3 is 4.48 Å². The first-order valence-corrected chi connectivity index (χ1v) is 5.51. The van der Waals surface area contributed by atoms with E-state index in [2.05, 4.69) is 44.2 Å². The quantitative estimate of drug-likeness (QED) is 0.638. The van der Waals surface area contributed by atoms with Crippen LogP contribution in [0.4, 0.5) is 0 Å². The highest BCUT2D eigenvalue weighted by atomic mass is 15.3. The molecule has 0 saturated carbocycles. The lowest BCUT2D eigenvalue weighted by atomic mass is 10.0. The molecule has 2 heteroatoms. The van der Waals surface area contributed by atoms with E-state index in [9.17, 15) is 0 Å². The molecule has 0 spiro atoms. The third-order valence-electron chi connectivity index (χ3n) is 2.96. The summed E-state index contributed by atoms with van der Waals surface area (Å²) >= 11 is 0. The van der Waals surface area contributed by atoms with Gasteiger partial charge in [-0.1, -0.05) is 12.1 Å². The third-order valence-corrected chi connectivity index (χ3v) is 2.96. The fraction of sp³-hybridized carbons (Fsp3) is 0.462. The summed E-state index contributed by atoms with van der Waals surface area (Å²) in [5.41, 5.74) is 3.77. The molecule has 80 valence electrons. The number of aromatic nitrogens is 1. The van der Waals surface area contributed by atoms with Crippen LogP contribution in [-0.4, -0.2) is 36.7 Å². The zero-order valence-corrected chi connectivity index (χ0v) is 9.83. The Labute approximate surface area is 91.8 Å². The average molecular weight is 203 g/mol. The van der Waals surface area contributed by atoms with Crippen molar-refractivity contribution >= 4 is 5.57 Å². The molecule has 15 heavy (non-hydrogen) atoms. The van der Waals surface area contributed by atoms with Crippen LogP contribution >= 0.6 is 0 Å². The first-order chi connectivity index (χ1) is 7.07. The van der Waals surface area contributed by atoms with Gasteiger partial charge in [0.25, 0.3) is 0 Å². The molecule has 0 saturated heterocycles. The van der Waals surface area contributed by atoms with E-state index in [0.29, 0.717) is 0 Å². The van der Waals surface area contributed by atoms with Gasteiger partial charge in [0.1, 0.15) is 6.54 Å². The number of rotatable bonds is 1. The van der Waals surface area contributed by atoms with Crippen LogP contribution in [0.1, 0.15) is 17.7 Å². The van der Waals surface area contributed by atoms with Gasteiger partial charge in [-0.3, -0.25) is 4.98 Å². The highest BCUT2D eigenvalue weighted by molar-refractivity contribution is 5.63. The fourth-order valence-electron chi connectivity index (χ4n) is 2.04. The van der Waals surface area contributed by atoms with E-state index in [0.717, 1.165) is 23.1 Å². The van der Waals surface area contributed by atoms with Crippen molar-refractivity contribution in [2.75, 3.05) is 27.2 Å². The number of hydrogen-bond donors (Lipinski definition) is 0. The molecule has 0 atom stereocenters. The first-order valence-electron chi connectivity index (χ1n) is 5.51. The van der Waals surface area contributed by atoms with Crippen LogP contribution in [-0.2, 0) is 0 Å². The predicted molar refractivity (Wildman–Crippen MR) is 63.4 cm³/mol. The van der Waals surface area contributed by atoms with Crippen LogP contribution in [0.25, 0.3) is 5.57 Å². The maximum absolute atomic E-state index is 4.49. The van der Waals surface area contributed by atoms with Crippen LogP contribution in [0.15, 0.2) is 24.4 Å². The van der Waals surface area contributed by atoms with Gasteiger partial charge in [-0.05, 0) is 18.6 Å². The van der Waals surface area contributed by atoms with Crippen molar-refractivity contribution < 1.29 is 4.48 Å². The van der Waals surface area contributed by atoms with Crippen molar-refractivity contribution in [1.82, 2.24) is 4.98 Å². The van der Waals surface area contributed by atoms with Gasteiger partial charge in [0.05, 0.1) is 26.3 Å². The van der Waals surface area contributed by atoms with E-state index in [-0.39, 0.29) is 0 Å². The van der Waals surface area contributed by atoms with Gasteiger partial charge in [-0.2, -0.15) is 0 Å². The van der Waals surface area contributed by atoms with Gasteiger partial charge in [0, 0.05) is 18.2 Å². The molecule has 1 aliphatic rings. The fourth-order valence-corrected chi connectivity index (χ4v) is 2.04. The average Bonchev–Trinajstić information content (AvgIpc) is 2.17. The minimum atomic E-state index is 1.07. The molecule has 2 rings (SSSR count). The summed E-state index contributed by atoms with van der Waals surface area (Å²) < 4.78 is 1.07. The lowest BCUT2D eigenvalue weighted by Crippen LogP contribution is -2.43. The van der Waals surface area contributed by atoms with Crippen LogP contribution in [0.3, 0.4) is 0 Å². The normalized spacial score (nSPS) is 19.8. The zero-order chi connectivity index (χ0) is 10.9. The van der Waals surface area contributed by atoms with E-state index in [1.165, 1.54) is 17.7 Å². The van der Waals surface area contributed by atoms with Crippen molar-refractivity contribution in [3.8, 4) is 0 Å². The molecular weight excluding hydrogens is 184 g/mol. The second-order valence-electron chi connectivity index (χ2n) is 5.06. The Bertz CT molecular complexity index is 374. The molecule has 0 bridgehead atoms. The summed E-state index contributed by atoms with van der Waals surface area (Å²) in [4.78, 5) is 4.49. The smallest absolute Gasteiger partial charge is 0.106 e. The SMILES string of the molecule is Cc1ccc(C2=CCC[N+](C)(C)C2)nc1. The summed E-state index contributed by atoms with van der Waals surface area (Å²) in [5, 5.41) is 0. The van der Waals surface area contributed by atoms with Crippen LogP contribution in [0, 0.1) is 6.92 Å². The first kappa shape index (κ1) is 10.4. The largest absolute Gasteiger partial charge is 0.324 e. The lowest BCUT2D eigenvalue weighted by Gasteiger charge is -2.33. The molecule has 0 aromatic carbocycles. The molecule has 0 unspecified atom stereocenters. The third kappa shape index (κ3) is 2.45. The number of hydrogen-bond acceptors (Lipinski definition) is 1. The molecule has 0 N–H and O–H groups in total. The molecule has 0 amide bonds. The number of pyridine rings is 1. The second-order valence-corrected chi connectivity index (χ2v) is 5.06. The van der Waals surface area contributed by atoms with Crippen molar-refractivity contribution in [3.05, 3.63) is 35.7 Å². The highest BCUT2D eigenvalue weighted by Gasteiger charge is 2.22. The van der Waals surface area contributed by atoms with Gasteiger partial charge in [0.2, 0.25) is 0 Å². The molecule has 2 heterocycles. The van der Waals surface area contributed by atoms with E-state index in [1.54, 1.807) is 0 Å². The molecule has 0 fully saturated rings. The molecule has 0 radical (unpaired) electrons. The zero-order valence-electron chi connectivity index (χ0n) is 9.83. The summed E-state index contributed by atoms with van der Waals surface area (Å²) in [6.45, 7) is 4.40. The molecule has 0 aliphatic carbocycles. The van der Waals surface area contributed by atoms with Crippen LogP contribution < -0.4 is 0 Å². The van der Waals surface area contributed by atoms with E-state index < -0.39 is 0 Å². The second kappa shape index (κ2) is 3.78. The Morgan fingerprint density at radius 3 is 2.67 bits per heavy atom. The van der Waals surface area contributed by atoms with Crippen molar-refractivity contribution in [3.63, 3.8) is 0 Å². The summed E-state index contributed by atoms with van der Waals surface area (Å²) in [7, 11) is 4.56. The van der Waals surface area contributed by atoms with E-state index >= 15 is 0 Å². The van der Waals surface area contributed by atoms with Gasteiger partial charge in [-0.15, -0.1) is 0 Å². The molecule has 1 aromatic heterocycles. The Kier molecular flexibility index (Phi) is 2.61. The maximum atomic E-state index is 4.49. The van der Waals surface area contributed by atoms with Gasteiger partial charge >= 0.3 is 0 Å². The number of likely N-dealkylation sites (N-methyl/N-ethyl adjacent to an activating group) is 1.